The molecule has 0 bridgehead atoms. The average molecular weight is 417 g/mol. The Morgan fingerprint density at radius 2 is 1.57 bits per heavy atom. The predicted octanol–water partition coefficient (Wildman–Crippen LogP) is 4.92. The van der Waals surface area contributed by atoms with E-state index in [0.29, 0.717) is 11.0 Å². The molecule has 0 spiro atoms. The molecule has 158 valence electrons. The maximum atomic E-state index is 13.2. The molecule has 0 N–H and O–H groups in total. The van der Waals surface area contributed by atoms with Gasteiger partial charge in [-0.1, -0.05) is 20.8 Å². The van der Waals surface area contributed by atoms with Crippen LogP contribution in [0.5, 0.6) is 0 Å². The Balaban J connectivity index is 2.41. The SMILES string of the molecule is CC1(C)OB(c2cnc(C(F)(F)F)cc2CO[Si](C)(C)C(C)(C)C)OC1(C)C. The fraction of sp³-hybridized carbons (Fsp3) is 0.737. The molecule has 4 nitrogen and oxygen atoms in total. The third-order valence-corrected chi connectivity index (χ3v) is 10.7. The second kappa shape index (κ2) is 7.11. The molecule has 2 heterocycles. The molecule has 28 heavy (non-hydrogen) atoms. The zero-order valence-electron chi connectivity index (χ0n) is 18.2. The van der Waals surface area contributed by atoms with Gasteiger partial charge in [-0.3, -0.25) is 4.98 Å². The van der Waals surface area contributed by atoms with E-state index in [1.807, 2.05) is 27.7 Å². The number of alkyl halides is 3. The molecule has 9 heteroatoms. The zero-order valence-corrected chi connectivity index (χ0v) is 19.2. The van der Waals surface area contributed by atoms with Crippen LogP contribution >= 0.6 is 0 Å². The normalized spacial score (nSPS) is 19.9. The van der Waals surface area contributed by atoms with Gasteiger partial charge >= 0.3 is 13.3 Å². The standard InChI is InChI=1S/C19H31BF3NO3Si/c1-16(2,3)28(8,9)25-12-13-10-15(19(21,22)23)24-11-14(13)20-26-17(4,5)18(6,7)27-20/h10-11H,12H2,1-9H3. The molecule has 1 aromatic rings. The lowest BCUT2D eigenvalue weighted by Crippen LogP contribution is -2.42. The Morgan fingerprint density at radius 3 is 2.00 bits per heavy atom. The van der Waals surface area contributed by atoms with Crippen molar-refractivity contribution in [3.8, 4) is 0 Å². The fourth-order valence-electron chi connectivity index (χ4n) is 2.44. The van der Waals surface area contributed by atoms with Crippen LogP contribution < -0.4 is 5.46 Å². The van der Waals surface area contributed by atoms with Crippen molar-refractivity contribution < 1.29 is 26.9 Å². The summed E-state index contributed by atoms with van der Waals surface area (Å²) in [5, 5.41) is -0.0581. The molecular weight excluding hydrogens is 386 g/mol. The van der Waals surface area contributed by atoms with Crippen LogP contribution in [0.25, 0.3) is 0 Å². The van der Waals surface area contributed by atoms with E-state index < -0.39 is 38.5 Å². The van der Waals surface area contributed by atoms with E-state index in [1.165, 1.54) is 6.20 Å². The molecule has 1 aliphatic rings. The van der Waals surface area contributed by atoms with Crippen LogP contribution in [0.1, 0.15) is 59.7 Å². The number of nitrogens with zero attached hydrogens (tertiary/aromatic N) is 1. The van der Waals surface area contributed by atoms with Crippen molar-refractivity contribution in [1.82, 2.24) is 4.98 Å². The summed E-state index contributed by atoms with van der Waals surface area (Å²) in [6.07, 6.45) is -3.32. The second-order valence-corrected chi connectivity index (χ2v) is 14.7. The van der Waals surface area contributed by atoms with E-state index in [0.717, 1.165) is 6.07 Å². The molecule has 0 radical (unpaired) electrons. The number of aromatic nitrogens is 1. The lowest BCUT2D eigenvalue weighted by Gasteiger charge is -2.36. The molecule has 0 aromatic carbocycles. The fourth-order valence-corrected chi connectivity index (χ4v) is 3.39. The lowest BCUT2D eigenvalue weighted by molar-refractivity contribution is -0.141. The summed E-state index contributed by atoms with van der Waals surface area (Å²) in [6.45, 7) is 18.0. The maximum Gasteiger partial charge on any atom is 0.496 e. The summed E-state index contributed by atoms with van der Waals surface area (Å²) in [5.41, 5.74) is -1.27. The minimum absolute atomic E-state index is 0.0570. The zero-order chi connectivity index (χ0) is 21.8. The van der Waals surface area contributed by atoms with Gasteiger partial charge in [-0.05, 0) is 57.5 Å². The van der Waals surface area contributed by atoms with Gasteiger partial charge in [-0.15, -0.1) is 0 Å². The highest BCUT2D eigenvalue weighted by Crippen LogP contribution is 2.39. The molecule has 0 saturated carbocycles. The van der Waals surface area contributed by atoms with Gasteiger partial charge in [0.25, 0.3) is 0 Å². The first-order valence-electron chi connectivity index (χ1n) is 9.43. The van der Waals surface area contributed by atoms with E-state index in [9.17, 15) is 13.2 Å². The average Bonchev–Trinajstić information content (AvgIpc) is 2.71. The molecule has 0 amide bonds. The van der Waals surface area contributed by atoms with E-state index in [4.69, 9.17) is 13.7 Å². The molecule has 0 aliphatic carbocycles. The van der Waals surface area contributed by atoms with Crippen LogP contribution in [-0.2, 0) is 26.5 Å². The largest absolute Gasteiger partial charge is 0.496 e. The van der Waals surface area contributed by atoms with Crippen LogP contribution in [0.4, 0.5) is 13.2 Å². The maximum absolute atomic E-state index is 13.2. The van der Waals surface area contributed by atoms with Gasteiger partial charge in [0.05, 0.1) is 17.8 Å². The number of hydrogen-bond acceptors (Lipinski definition) is 4. The van der Waals surface area contributed by atoms with Gasteiger partial charge < -0.3 is 13.7 Å². The summed E-state index contributed by atoms with van der Waals surface area (Å²) in [6, 6.07) is 1.05. The first kappa shape index (κ1) is 23.4. The highest BCUT2D eigenvalue weighted by atomic mass is 28.4. The van der Waals surface area contributed by atoms with Crippen molar-refractivity contribution in [3.63, 3.8) is 0 Å². The summed E-state index contributed by atoms with van der Waals surface area (Å²) in [7, 11) is -2.95. The smallest absolute Gasteiger partial charge is 0.413 e. The van der Waals surface area contributed by atoms with Gasteiger partial charge in [0.2, 0.25) is 0 Å². The van der Waals surface area contributed by atoms with Crippen LogP contribution in [0, 0.1) is 0 Å². The quantitative estimate of drug-likeness (QED) is 0.652. The van der Waals surface area contributed by atoms with Gasteiger partial charge in [0, 0.05) is 11.7 Å². The first-order valence-corrected chi connectivity index (χ1v) is 12.3. The van der Waals surface area contributed by atoms with Crippen molar-refractivity contribution in [2.75, 3.05) is 0 Å². The number of hydrogen-bond donors (Lipinski definition) is 0. The Morgan fingerprint density at radius 1 is 1.07 bits per heavy atom. The number of pyridine rings is 1. The molecule has 1 aromatic heterocycles. The Kier molecular flexibility index (Phi) is 5.94. The van der Waals surface area contributed by atoms with Crippen molar-refractivity contribution in [2.24, 2.45) is 0 Å². The Hall–Kier alpha value is -0.898. The monoisotopic (exact) mass is 417 g/mol. The van der Waals surface area contributed by atoms with E-state index in [2.05, 4.69) is 38.8 Å². The van der Waals surface area contributed by atoms with Crippen LogP contribution in [-0.4, -0.2) is 31.6 Å². The van der Waals surface area contributed by atoms with Gasteiger partial charge in [0.15, 0.2) is 8.32 Å². The Labute approximate surface area is 167 Å². The summed E-state index contributed by atoms with van der Waals surface area (Å²) >= 11 is 0. The Bertz CT molecular complexity index is 714. The molecule has 1 saturated heterocycles. The summed E-state index contributed by atoms with van der Waals surface area (Å²) in [5.74, 6) is 0. The van der Waals surface area contributed by atoms with Gasteiger partial charge in [-0.25, -0.2) is 0 Å². The van der Waals surface area contributed by atoms with Gasteiger partial charge in [0.1, 0.15) is 5.69 Å². The molecule has 2 rings (SSSR count). The molecule has 1 fully saturated rings. The second-order valence-electron chi connectivity index (χ2n) is 9.90. The van der Waals surface area contributed by atoms with E-state index in [1.54, 1.807) is 0 Å². The summed E-state index contributed by atoms with van der Waals surface area (Å²) < 4.78 is 57.9. The topological polar surface area (TPSA) is 40.6 Å². The number of rotatable bonds is 4. The number of halogens is 3. The van der Waals surface area contributed by atoms with Crippen molar-refractivity contribution in [3.05, 3.63) is 23.5 Å². The molecule has 0 atom stereocenters. The highest BCUT2D eigenvalue weighted by Gasteiger charge is 2.52. The van der Waals surface area contributed by atoms with Crippen molar-refractivity contribution in [2.45, 2.75) is 90.6 Å². The predicted molar refractivity (Wildman–Crippen MR) is 107 cm³/mol. The van der Waals surface area contributed by atoms with E-state index >= 15 is 0 Å². The van der Waals surface area contributed by atoms with Crippen LogP contribution in [0.15, 0.2) is 12.3 Å². The van der Waals surface area contributed by atoms with Gasteiger partial charge in [-0.2, -0.15) is 13.2 Å². The van der Waals surface area contributed by atoms with Crippen LogP contribution in [0.3, 0.4) is 0 Å². The lowest BCUT2D eigenvalue weighted by atomic mass is 9.77. The highest BCUT2D eigenvalue weighted by molar-refractivity contribution is 6.74. The molecule has 0 unspecified atom stereocenters. The van der Waals surface area contributed by atoms with E-state index in [-0.39, 0.29) is 11.6 Å². The third-order valence-electron chi connectivity index (χ3n) is 6.22. The van der Waals surface area contributed by atoms with Crippen LogP contribution in [0.2, 0.25) is 18.1 Å². The van der Waals surface area contributed by atoms with Crippen molar-refractivity contribution >= 4 is 20.9 Å². The minimum atomic E-state index is -4.53. The first-order chi connectivity index (χ1) is 12.4. The summed E-state index contributed by atoms with van der Waals surface area (Å²) in [4.78, 5) is 3.61. The minimum Gasteiger partial charge on any atom is -0.413 e. The third kappa shape index (κ3) is 4.63. The molecule has 1 aliphatic heterocycles. The molecular formula is C19H31BF3NO3Si. The van der Waals surface area contributed by atoms with Crippen molar-refractivity contribution in [1.29, 1.82) is 0 Å².